The molecule has 14 heavy (non-hydrogen) atoms. The van der Waals surface area contributed by atoms with Gasteiger partial charge in [-0.25, -0.2) is 0 Å². The molecule has 1 nitrogen and oxygen atoms in total. The fourth-order valence-corrected chi connectivity index (χ4v) is 2.96. The van der Waals surface area contributed by atoms with Crippen LogP contribution in [-0.4, -0.2) is 12.6 Å². The van der Waals surface area contributed by atoms with Gasteiger partial charge in [-0.3, -0.25) is 0 Å². The summed E-state index contributed by atoms with van der Waals surface area (Å²) in [6.45, 7) is 1.28. The first kappa shape index (κ1) is 12.3. The Hall–Kier alpha value is 0.250. The van der Waals surface area contributed by atoms with E-state index >= 15 is 0 Å². The van der Waals surface area contributed by atoms with Crippen LogP contribution in [0, 0.1) is 5.92 Å². The van der Waals surface area contributed by atoms with E-state index in [0.717, 1.165) is 12.0 Å². The summed E-state index contributed by atoms with van der Waals surface area (Å²) in [5.41, 5.74) is 0. The lowest BCUT2D eigenvalue weighted by Gasteiger charge is -2.18. The van der Waals surface area contributed by atoms with Gasteiger partial charge in [-0.15, -0.1) is 12.4 Å². The Bertz CT molecular complexity index is 135. The van der Waals surface area contributed by atoms with Gasteiger partial charge in [0.15, 0.2) is 0 Å². The Morgan fingerprint density at radius 3 is 2.14 bits per heavy atom. The highest BCUT2D eigenvalue weighted by Gasteiger charge is 2.20. The van der Waals surface area contributed by atoms with Crippen LogP contribution in [0.1, 0.15) is 57.8 Å². The van der Waals surface area contributed by atoms with E-state index in [0.29, 0.717) is 0 Å². The van der Waals surface area contributed by atoms with Crippen LogP contribution < -0.4 is 5.32 Å². The summed E-state index contributed by atoms with van der Waals surface area (Å²) in [6.07, 6.45) is 13.3. The quantitative estimate of drug-likeness (QED) is 0.698. The lowest BCUT2D eigenvalue weighted by Crippen LogP contribution is -2.24. The maximum Gasteiger partial charge on any atom is 0.00701 e. The lowest BCUT2D eigenvalue weighted by atomic mass is 9.92. The summed E-state index contributed by atoms with van der Waals surface area (Å²) in [5, 5.41) is 3.62. The van der Waals surface area contributed by atoms with Gasteiger partial charge in [-0.05, 0) is 31.7 Å². The number of nitrogens with one attached hydrogen (secondary N) is 1. The molecule has 2 aliphatic rings. The van der Waals surface area contributed by atoms with E-state index in [2.05, 4.69) is 5.32 Å². The summed E-state index contributed by atoms with van der Waals surface area (Å²) in [6, 6.07) is 0.878. The maximum absolute atomic E-state index is 3.62. The highest BCUT2D eigenvalue weighted by Crippen LogP contribution is 2.28. The van der Waals surface area contributed by atoms with Gasteiger partial charge in [-0.1, -0.05) is 38.5 Å². The molecule has 1 unspecified atom stereocenters. The van der Waals surface area contributed by atoms with Crippen LogP contribution in [0.25, 0.3) is 0 Å². The van der Waals surface area contributed by atoms with E-state index < -0.39 is 0 Å². The van der Waals surface area contributed by atoms with Crippen LogP contribution in [0.5, 0.6) is 0 Å². The Morgan fingerprint density at radius 2 is 1.57 bits per heavy atom. The van der Waals surface area contributed by atoms with Crippen LogP contribution in [0.15, 0.2) is 0 Å². The highest BCUT2D eigenvalue weighted by atomic mass is 35.5. The second kappa shape index (κ2) is 6.68. The zero-order chi connectivity index (χ0) is 8.93. The molecule has 0 aromatic carbocycles. The summed E-state index contributed by atoms with van der Waals surface area (Å²) in [4.78, 5) is 0. The van der Waals surface area contributed by atoms with Crippen LogP contribution in [-0.2, 0) is 0 Å². The van der Waals surface area contributed by atoms with E-state index in [9.17, 15) is 0 Å². The van der Waals surface area contributed by atoms with Crippen molar-refractivity contribution in [3.63, 3.8) is 0 Å². The maximum atomic E-state index is 3.62. The molecule has 2 fully saturated rings. The molecule has 0 bridgehead atoms. The van der Waals surface area contributed by atoms with Gasteiger partial charge >= 0.3 is 0 Å². The third kappa shape index (κ3) is 3.78. The fraction of sp³-hybridized carbons (Fsp3) is 1.00. The molecule has 0 aromatic heterocycles. The summed E-state index contributed by atoms with van der Waals surface area (Å²) in [7, 11) is 0. The molecular weight excluding hydrogens is 194 g/mol. The van der Waals surface area contributed by atoms with E-state index in [1.165, 1.54) is 64.3 Å². The molecule has 1 heterocycles. The van der Waals surface area contributed by atoms with Crippen molar-refractivity contribution in [3.05, 3.63) is 0 Å². The number of halogens is 1. The molecule has 0 aromatic rings. The van der Waals surface area contributed by atoms with Gasteiger partial charge in [0, 0.05) is 6.04 Å². The van der Waals surface area contributed by atoms with Crippen molar-refractivity contribution in [2.45, 2.75) is 63.8 Å². The summed E-state index contributed by atoms with van der Waals surface area (Å²) in [5.74, 6) is 1.05. The van der Waals surface area contributed by atoms with Gasteiger partial charge in [-0.2, -0.15) is 0 Å². The molecule has 1 atom stereocenters. The Kier molecular flexibility index (Phi) is 5.88. The standard InChI is InChI=1S/C12H23N.ClH/c1-2-4-7-11(6-3-1)10-12-8-5-9-13-12;/h11-13H,1-10H2;1H. The van der Waals surface area contributed by atoms with Crippen molar-refractivity contribution in [1.82, 2.24) is 5.32 Å². The molecule has 0 radical (unpaired) electrons. The third-order valence-corrected chi connectivity index (χ3v) is 3.75. The number of hydrogen-bond acceptors (Lipinski definition) is 1. The molecule has 1 N–H and O–H groups in total. The second-order valence-corrected chi connectivity index (χ2v) is 4.89. The largest absolute Gasteiger partial charge is 0.314 e. The van der Waals surface area contributed by atoms with Gasteiger partial charge in [0.05, 0.1) is 0 Å². The summed E-state index contributed by atoms with van der Waals surface area (Å²) < 4.78 is 0. The molecule has 0 amide bonds. The first-order valence-electron chi connectivity index (χ1n) is 6.18. The molecule has 1 saturated heterocycles. The summed E-state index contributed by atoms with van der Waals surface area (Å²) >= 11 is 0. The Labute approximate surface area is 94.4 Å². The first-order chi connectivity index (χ1) is 6.45. The predicted octanol–water partition coefficient (Wildman–Crippen LogP) is 3.52. The Balaban J connectivity index is 0.000000980. The zero-order valence-electron chi connectivity index (χ0n) is 9.13. The molecule has 1 aliphatic carbocycles. The lowest BCUT2D eigenvalue weighted by molar-refractivity contribution is 0.372. The Morgan fingerprint density at radius 1 is 0.857 bits per heavy atom. The van der Waals surface area contributed by atoms with Gasteiger partial charge in [0.1, 0.15) is 0 Å². The minimum Gasteiger partial charge on any atom is -0.314 e. The number of hydrogen-bond donors (Lipinski definition) is 1. The SMILES string of the molecule is C1CCCC(CC2CCCN2)CC1.Cl. The molecule has 2 rings (SSSR count). The van der Waals surface area contributed by atoms with Crippen LogP contribution in [0.2, 0.25) is 0 Å². The average molecular weight is 218 g/mol. The van der Waals surface area contributed by atoms with Gasteiger partial charge in [0.25, 0.3) is 0 Å². The van der Waals surface area contributed by atoms with Crippen LogP contribution in [0.4, 0.5) is 0 Å². The van der Waals surface area contributed by atoms with Crippen LogP contribution in [0.3, 0.4) is 0 Å². The smallest absolute Gasteiger partial charge is 0.00701 e. The normalized spacial score (nSPS) is 29.6. The minimum absolute atomic E-state index is 0. The second-order valence-electron chi connectivity index (χ2n) is 4.89. The van der Waals surface area contributed by atoms with Crippen molar-refractivity contribution in [3.8, 4) is 0 Å². The van der Waals surface area contributed by atoms with Crippen LogP contribution >= 0.6 is 12.4 Å². The first-order valence-corrected chi connectivity index (χ1v) is 6.18. The molecule has 2 heteroatoms. The molecule has 84 valence electrons. The van der Waals surface area contributed by atoms with Crippen molar-refractivity contribution in [2.75, 3.05) is 6.54 Å². The number of rotatable bonds is 2. The van der Waals surface area contributed by atoms with E-state index in [1.54, 1.807) is 0 Å². The molecule has 1 aliphatic heterocycles. The van der Waals surface area contributed by atoms with Crippen molar-refractivity contribution < 1.29 is 0 Å². The zero-order valence-corrected chi connectivity index (χ0v) is 9.95. The topological polar surface area (TPSA) is 12.0 Å². The molecule has 1 saturated carbocycles. The minimum atomic E-state index is 0. The van der Waals surface area contributed by atoms with Crippen molar-refractivity contribution >= 4 is 12.4 Å². The predicted molar refractivity (Wildman–Crippen MR) is 64.1 cm³/mol. The van der Waals surface area contributed by atoms with Gasteiger partial charge < -0.3 is 5.32 Å². The van der Waals surface area contributed by atoms with Crippen molar-refractivity contribution in [2.24, 2.45) is 5.92 Å². The van der Waals surface area contributed by atoms with E-state index in [1.807, 2.05) is 0 Å². The van der Waals surface area contributed by atoms with E-state index in [-0.39, 0.29) is 12.4 Å². The molecular formula is C12H24ClN. The third-order valence-electron chi connectivity index (χ3n) is 3.75. The average Bonchev–Trinajstić information content (AvgIpc) is 2.49. The van der Waals surface area contributed by atoms with Crippen molar-refractivity contribution in [1.29, 1.82) is 0 Å². The highest BCUT2D eigenvalue weighted by molar-refractivity contribution is 5.85. The van der Waals surface area contributed by atoms with Gasteiger partial charge in [0.2, 0.25) is 0 Å². The fourth-order valence-electron chi connectivity index (χ4n) is 2.96. The van der Waals surface area contributed by atoms with E-state index in [4.69, 9.17) is 0 Å². The molecule has 0 spiro atoms. The monoisotopic (exact) mass is 217 g/mol.